The number of aliphatic hydroxyl groups excluding tert-OH is 1. The van der Waals surface area contributed by atoms with E-state index < -0.39 is 12.8 Å². The summed E-state index contributed by atoms with van der Waals surface area (Å²) < 4.78 is 15.9. The number of benzene rings is 1. The van der Waals surface area contributed by atoms with E-state index in [-0.39, 0.29) is 5.92 Å². The number of esters is 1. The van der Waals surface area contributed by atoms with E-state index in [2.05, 4.69) is 0 Å². The van der Waals surface area contributed by atoms with Gasteiger partial charge in [0, 0.05) is 5.56 Å². The molecule has 0 aliphatic heterocycles. The zero-order valence-electron chi connectivity index (χ0n) is 15.7. The Morgan fingerprint density at radius 3 is 2.32 bits per heavy atom. The van der Waals surface area contributed by atoms with E-state index in [1.807, 2.05) is 33.8 Å². The van der Waals surface area contributed by atoms with Crippen LogP contribution >= 0.6 is 0 Å². The highest BCUT2D eigenvalue weighted by molar-refractivity contribution is 5.96. The topological polar surface area (TPSA) is 65.0 Å². The zero-order valence-corrected chi connectivity index (χ0v) is 15.7. The van der Waals surface area contributed by atoms with Crippen molar-refractivity contribution in [1.29, 1.82) is 0 Å². The first kappa shape index (κ1) is 20.8. The van der Waals surface area contributed by atoms with Gasteiger partial charge in [-0.05, 0) is 56.5 Å². The molecule has 0 saturated carbocycles. The highest BCUT2D eigenvalue weighted by atomic mass is 16.6. The average molecular weight is 348 g/mol. The van der Waals surface area contributed by atoms with Crippen molar-refractivity contribution in [2.75, 3.05) is 20.5 Å². The number of hydrogen-bond acceptors (Lipinski definition) is 5. The molecule has 0 aliphatic rings. The zero-order chi connectivity index (χ0) is 18.8. The van der Waals surface area contributed by atoms with Crippen molar-refractivity contribution in [2.24, 2.45) is 5.92 Å². The second-order valence-corrected chi connectivity index (χ2v) is 6.29. The number of allylic oxidation sites excluding steroid dienone is 1. The van der Waals surface area contributed by atoms with Crippen molar-refractivity contribution < 1.29 is 24.1 Å². The summed E-state index contributed by atoms with van der Waals surface area (Å²) in [7, 11) is 1.33. The van der Waals surface area contributed by atoms with Crippen LogP contribution in [-0.4, -0.2) is 31.6 Å². The number of rotatable bonds is 9. The number of carbonyl (C=O) groups excluding carboxylic acids is 1. The monoisotopic (exact) mass is 348 g/mol. The molecule has 0 heterocycles. The van der Waals surface area contributed by atoms with Crippen LogP contribution in [0.3, 0.4) is 0 Å². The van der Waals surface area contributed by atoms with Gasteiger partial charge in [0.05, 0.1) is 12.7 Å². The first-order valence-electron chi connectivity index (χ1n) is 8.30. The summed E-state index contributed by atoms with van der Waals surface area (Å²) in [6, 6.07) is 7.20. The van der Waals surface area contributed by atoms with Crippen molar-refractivity contribution in [3.05, 3.63) is 47.1 Å². The third-order valence-electron chi connectivity index (χ3n) is 3.39. The Morgan fingerprint density at radius 2 is 1.84 bits per heavy atom. The first-order chi connectivity index (χ1) is 11.9. The van der Waals surface area contributed by atoms with Crippen LogP contribution in [0.15, 0.2) is 41.5 Å². The van der Waals surface area contributed by atoms with Crippen molar-refractivity contribution in [3.63, 3.8) is 0 Å². The van der Waals surface area contributed by atoms with E-state index in [4.69, 9.17) is 14.2 Å². The Morgan fingerprint density at radius 1 is 1.20 bits per heavy atom. The van der Waals surface area contributed by atoms with Gasteiger partial charge in [0.15, 0.2) is 6.79 Å². The lowest BCUT2D eigenvalue weighted by atomic mass is 9.99. The quantitative estimate of drug-likeness (QED) is 0.241. The SMILES string of the molecule is COC(=O)/C(CC(C)C)=C(\OCO)c1ccc(OCC=C(C)C)cc1. The molecule has 0 fully saturated rings. The summed E-state index contributed by atoms with van der Waals surface area (Å²) in [5.41, 5.74) is 2.28. The van der Waals surface area contributed by atoms with Crippen LogP contribution in [-0.2, 0) is 14.3 Å². The molecular formula is C20H28O5. The maximum absolute atomic E-state index is 12.1. The fourth-order valence-corrected chi connectivity index (χ4v) is 2.22. The molecule has 0 aliphatic carbocycles. The molecule has 0 aromatic heterocycles. The Bertz CT molecular complexity index is 607. The van der Waals surface area contributed by atoms with Gasteiger partial charge in [-0.15, -0.1) is 0 Å². The lowest BCUT2D eigenvalue weighted by Gasteiger charge is -2.16. The van der Waals surface area contributed by atoms with Crippen molar-refractivity contribution in [3.8, 4) is 5.75 Å². The van der Waals surface area contributed by atoms with Crippen LogP contribution in [0, 0.1) is 5.92 Å². The Balaban J connectivity index is 3.13. The van der Waals surface area contributed by atoms with Gasteiger partial charge in [-0.2, -0.15) is 0 Å². The number of ether oxygens (including phenoxy) is 3. The molecule has 1 aromatic rings. The number of aliphatic hydroxyl groups is 1. The van der Waals surface area contributed by atoms with Crippen LogP contribution in [0.4, 0.5) is 0 Å². The minimum Gasteiger partial charge on any atom is -0.490 e. The molecule has 1 N–H and O–H groups in total. The van der Waals surface area contributed by atoms with Crippen molar-refractivity contribution >= 4 is 11.7 Å². The molecule has 25 heavy (non-hydrogen) atoms. The number of hydrogen-bond donors (Lipinski definition) is 1. The Hall–Kier alpha value is -2.27. The fourth-order valence-electron chi connectivity index (χ4n) is 2.22. The lowest BCUT2D eigenvalue weighted by Crippen LogP contribution is -2.12. The summed E-state index contributed by atoms with van der Waals surface area (Å²) >= 11 is 0. The van der Waals surface area contributed by atoms with E-state index in [1.54, 1.807) is 24.3 Å². The molecule has 5 heteroatoms. The standard InChI is InChI=1S/C20H28O5/c1-14(2)10-11-24-17-8-6-16(7-9-17)19(25-13-21)18(12-15(3)4)20(22)23-5/h6-10,15,21H,11-13H2,1-5H3/b19-18-. The van der Waals surface area contributed by atoms with Crippen LogP contribution in [0.2, 0.25) is 0 Å². The van der Waals surface area contributed by atoms with Gasteiger partial charge >= 0.3 is 5.97 Å². The van der Waals surface area contributed by atoms with Gasteiger partial charge in [-0.25, -0.2) is 4.79 Å². The van der Waals surface area contributed by atoms with E-state index in [0.717, 1.165) is 0 Å². The highest BCUT2D eigenvalue weighted by Gasteiger charge is 2.20. The summed E-state index contributed by atoms with van der Waals surface area (Å²) in [5, 5.41) is 9.22. The van der Waals surface area contributed by atoms with Gasteiger partial charge in [-0.1, -0.05) is 19.4 Å². The molecule has 0 amide bonds. The molecule has 0 saturated heterocycles. The van der Waals surface area contributed by atoms with E-state index in [1.165, 1.54) is 12.7 Å². The van der Waals surface area contributed by atoms with Crippen molar-refractivity contribution in [1.82, 2.24) is 0 Å². The summed E-state index contributed by atoms with van der Waals surface area (Å²) in [6.07, 6.45) is 2.48. The average Bonchev–Trinajstić information content (AvgIpc) is 2.57. The van der Waals surface area contributed by atoms with Crippen LogP contribution < -0.4 is 4.74 Å². The number of carbonyl (C=O) groups is 1. The Kier molecular flexibility index (Phi) is 8.78. The van der Waals surface area contributed by atoms with Crippen LogP contribution in [0.5, 0.6) is 5.75 Å². The molecule has 0 radical (unpaired) electrons. The molecule has 0 bridgehead atoms. The molecule has 1 rings (SSSR count). The molecule has 1 aromatic carbocycles. The maximum Gasteiger partial charge on any atom is 0.337 e. The second kappa shape index (κ2) is 10.6. The van der Waals surface area contributed by atoms with E-state index >= 15 is 0 Å². The number of methoxy groups -OCH3 is 1. The fraction of sp³-hybridized carbons (Fsp3) is 0.450. The Labute approximate surface area is 149 Å². The maximum atomic E-state index is 12.1. The minimum absolute atomic E-state index is 0.234. The molecule has 0 atom stereocenters. The van der Waals surface area contributed by atoms with Crippen molar-refractivity contribution in [2.45, 2.75) is 34.1 Å². The largest absolute Gasteiger partial charge is 0.490 e. The predicted molar refractivity (Wildman–Crippen MR) is 97.9 cm³/mol. The van der Waals surface area contributed by atoms with E-state index in [0.29, 0.717) is 35.7 Å². The van der Waals surface area contributed by atoms with Gasteiger partial charge < -0.3 is 19.3 Å². The van der Waals surface area contributed by atoms with Crippen LogP contribution in [0.25, 0.3) is 5.76 Å². The normalized spacial score (nSPS) is 11.6. The third kappa shape index (κ3) is 7.01. The van der Waals surface area contributed by atoms with Crippen LogP contribution in [0.1, 0.15) is 39.7 Å². The smallest absolute Gasteiger partial charge is 0.337 e. The molecule has 0 unspecified atom stereocenters. The lowest BCUT2D eigenvalue weighted by molar-refractivity contribution is -0.136. The predicted octanol–water partition coefficient (Wildman–Crippen LogP) is 3.93. The minimum atomic E-state index is -0.521. The summed E-state index contributed by atoms with van der Waals surface area (Å²) in [5.74, 6) is 0.825. The van der Waals surface area contributed by atoms with Gasteiger partial charge in [0.1, 0.15) is 18.1 Å². The summed E-state index contributed by atoms with van der Waals surface area (Å²) in [4.78, 5) is 12.1. The highest BCUT2D eigenvalue weighted by Crippen LogP contribution is 2.27. The van der Waals surface area contributed by atoms with Gasteiger partial charge in [-0.3, -0.25) is 0 Å². The second-order valence-electron chi connectivity index (χ2n) is 6.29. The molecule has 0 spiro atoms. The molecular weight excluding hydrogens is 320 g/mol. The molecule has 138 valence electrons. The molecule has 5 nitrogen and oxygen atoms in total. The van der Waals surface area contributed by atoms with Gasteiger partial charge in [0.25, 0.3) is 0 Å². The van der Waals surface area contributed by atoms with E-state index in [9.17, 15) is 9.90 Å². The first-order valence-corrected chi connectivity index (χ1v) is 8.30. The third-order valence-corrected chi connectivity index (χ3v) is 3.39. The van der Waals surface area contributed by atoms with Gasteiger partial charge in [0.2, 0.25) is 0 Å². The summed E-state index contributed by atoms with van der Waals surface area (Å²) in [6.45, 7) is 8.00.